The topological polar surface area (TPSA) is 73.6 Å². The number of carbonyl (C=O) groups is 1. The number of ether oxygens (including phenoxy) is 2. The van der Waals surface area contributed by atoms with Crippen LogP contribution in [0, 0.1) is 0 Å². The summed E-state index contributed by atoms with van der Waals surface area (Å²) in [5, 5.41) is 2.76. The van der Waals surface area contributed by atoms with Crippen LogP contribution in [0.1, 0.15) is 26.7 Å². The van der Waals surface area contributed by atoms with E-state index in [2.05, 4.69) is 5.32 Å². The van der Waals surface area contributed by atoms with Crippen molar-refractivity contribution in [3.8, 4) is 5.75 Å². The van der Waals surface area contributed by atoms with Crippen molar-refractivity contribution in [1.29, 1.82) is 0 Å². The average Bonchev–Trinajstić information content (AvgIpc) is 2.47. The monoisotopic (exact) mass is 280 g/mol. The highest BCUT2D eigenvalue weighted by atomic mass is 16.5. The molecule has 0 aliphatic heterocycles. The van der Waals surface area contributed by atoms with Crippen LogP contribution in [-0.2, 0) is 9.53 Å². The minimum absolute atomic E-state index is 0.00494. The van der Waals surface area contributed by atoms with E-state index in [1.54, 1.807) is 31.4 Å². The number of carbonyl (C=O) groups excluding carboxylic acids is 1. The summed E-state index contributed by atoms with van der Waals surface area (Å²) >= 11 is 0. The molecule has 0 aliphatic rings. The molecule has 0 bridgehead atoms. The summed E-state index contributed by atoms with van der Waals surface area (Å²) in [6, 6.07) is 7.13. The Bertz CT molecular complexity index is 414. The summed E-state index contributed by atoms with van der Waals surface area (Å²) in [5.74, 6) is 0.558. The molecule has 1 amide bonds. The zero-order valence-electron chi connectivity index (χ0n) is 12.4. The Kier molecular flexibility index (Phi) is 6.48. The van der Waals surface area contributed by atoms with Crippen LogP contribution >= 0.6 is 0 Å². The second-order valence-corrected chi connectivity index (χ2v) is 4.84. The van der Waals surface area contributed by atoms with Gasteiger partial charge in [-0.05, 0) is 37.1 Å². The lowest BCUT2D eigenvalue weighted by Gasteiger charge is -2.26. The molecule has 3 N–H and O–H groups in total. The van der Waals surface area contributed by atoms with Crippen molar-refractivity contribution in [2.45, 2.75) is 32.2 Å². The maximum atomic E-state index is 11.7. The van der Waals surface area contributed by atoms with E-state index in [1.165, 1.54) is 0 Å². The molecular weight excluding hydrogens is 256 g/mol. The number of rotatable bonds is 8. The van der Waals surface area contributed by atoms with E-state index in [0.717, 1.165) is 18.6 Å². The first-order valence-electron chi connectivity index (χ1n) is 6.83. The molecule has 0 aliphatic carbocycles. The normalized spacial score (nSPS) is 11.2. The lowest BCUT2D eigenvalue weighted by molar-refractivity contribution is -0.121. The highest BCUT2D eigenvalue weighted by molar-refractivity contribution is 5.91. The van der Waals surface area contributed by atoms with E-state index < -0.39 is 0 Å². The quantitative estimate of drug-likeness (QED) is 0.765. The Labute approximate surface area is 120 Å². The minimum Gasteiger partial charge on any atom is -0.497 e. The molecule has 112 valence electrons. The van der Waals surface area contributed by atoms with Gasteiger partial charge in [0.05, 0.1) is 13.7 Å². The number of anilines is 1. The third-order valence-electron chi connectivity index (χ3n) is 3.40. The number of hydrogen-bond donors (Lipinski definition) is 2. The number of amides is 1. The maximum absolute atomic E-state index is 11.7. The number of nitrogens with two attached hydrogens (primary N) is 1. The molecule has 0 atom stereocenters. The standard InChI is InChI=1S/C15H24N2O3/c1-4-15(16,5-2)11-20-10-14(18)17-12-6-8-13(19-3)9-7-12/h6-9H,4-5,10-11,16H2,1-3H3,(H,17,18). The number of nitrogens with one attached hydrogen (secondary N) is 1. The van der Waals surface area contributed by atoms with Crippen molar-refractivity contribution in [2.75, 3.05) is 25.6 Å². The van der Waals surface area contributed by atoms with Gasteiger partial charge < -0.3 is 20.5 Å². The largest absolute Gasteiger partial charge is 0.497 e. The van der Waals surface area contributed by atoms with Crippen LogP contribution < -0.4 is 15.8 Å². The molecule has 1 aromatic carbocycles. The summed E-state index contributed by atoms with van der Waals surface area (Å²) in [7, 11) is 1.60. The van der Waals surface area contributed by atoms with Gasteiger partial charge in [-0.1, -0.05) is 13.8 Å². The van der Waals surface area contributed by atoms with Crippen LogP contribution in [0.15, 0.2) is 24.3 Å². The van der Waals surface area contributed by atoms with Crippen LogP contribution in [0.4, 0.5) is 5.69 Å². The van der Waals surface area contributed by atoms with Gasteiger partial charge in [-0.15, -0.1) is 0 Å². The first-order chi connectivity index (χ1) is 9.53. The molecule has 1 rings (SSSR count). The molecule has 0 aromatic heterocycles. The summed E-state index contributed by atoms with van der Waals surface area (Å²) in [5.41, 5.74) is 6.46. The number of hydrogen-bond acceptors (Lipinski definition) is 4. The Balaban J connectivity index is 2.36. The molecule has 0 radical (unpaired) electrons. The molecule has 20 heavy (non-hydrogen) atoms. The van der Waals surface area contributed by atoms with Crippen LogP contribution in [0.3, 0.4) is 0 Å². The summed E-state index contributed by atoms with van der Waals surface area (Å²) in [4.78, 5) is 11.7. The van der Waals surface area contributed by atoms with Gasteiger partial charge in [0.25, 0.3) is 0 Å². The highest BCUT2D eigenvalue weighted by Crippen LogP contribution is 2.15. The van der Waals surface area contributed by atoms with Crippen LogP contribution in [0.25, 0.3) is 0 Å². The lowest BCUT2D eigenvalue weighted by atomic mass is 9.96. The second-order valence-electron chi connectivity index (χ2n) is 4.84. The SMILES string of the molecule is CCC(N)(CC)COCC(=O)Nc1ccc(OC)cc1. The molecule has 0 saturated heterocycles. The third-order valence-corrected chi connectivity index (χ3v) is 3.40. The van der Waals surface area contributed by atoms with Gasteiger partial charge in [-0.25, -0.2) is 0 Å². The molecule has 5 heteroatoms. The van der Waals surface area contributed by atoms with E-state index >= 15 is 0 Å². The number of methoxy groups -OCH3 is 1. The van der Waals surface area contributed by atoms with Gasteiger partial charge in [-0.2, -0.15) is 0 Å². The van der Waals surface area contributed by atoms with Gasteiger partial charge >= 0.3 is 0 Å². The minimum atomic E-state index is -0.347. The van der Waals surface area contributed by atoms with Gasteiger partial charge in [0.1, 0.15) is 12.4 Å². The van der Waals surface area contributed by atoms with E-state index in [-0.39, 0.29) is 18.1 Å². The third kappa shape index (κ3) is 5.19. The molecule has 0 saturated carbocycles. The zero-order valence-corrected chi connectivity index (χ0v) is 12.4. The first-order valence-corrected chi connectivity index (χ1v) is 6.83. The predicted molar refractivity (Wildman–Crippen MR) is 79.9 cm³/mol. The molecule has 0 spiro atoms. The smallest absolute Gasteiger partial charge is 0.250 e. The maximum Gasteiger partial charge on any atom is 0.250 e. The molecule has 0 heterocycles. The van der Waals surface area contributed by atoms with Crippen molar-refractivity contribution in [2.24, 2.45) is 5.73 Å². The Hall–Kier alpha value is -1.59. The molecule has 5 nitrogen and oxygen atoms in total. The average molecular weight is 280 g/mol. The van der Waals surface area contributed by atoms with Gasteiger partial charge in [0.2, 0.25) is 5.91 Å². The van der Waals surface area contributed by atoms with Gasteiger partial charge in [0, 0.05) is 11.2 Å². The van der Waals surface area contributed by atoms with Gasteiger partial charge in [0.15, 0.2) is 0 Å². The van der Waals surface area contributed by atoms with Crippen molar-refractivity contribution >= 4 is 11.6 Å². The predicted octanol–water partition coefficient (Wildman–Crippen LogP) is 2.17. The van der Waals surface area contributed by atoms with E-state index in [0.29, 0.717) is 12.3 Å². The van der Waals surface area contributed by atoms with E-state index in [1.807, 2.05) is 13.8 Å². The molecule has 1 aromatic rings. The summed E-state index contributed by atoms with van der Waals surface area (Å²) < 4.78 is 10.4. The van der Waals surface area contributed by atoms with Crippen molar-refractivity contribution in [3.05, 3.63) is 24.3 Å². The summed E-state index contributed by atoms with van der Waals surface area (Å²) in [6.45, 7) is 4.43. The highest BCUT2D eigenvalue weighted by Gasteiger charge is 2.20. The van der Waals surface area contributed by atoms with Crippen LogP contribution in [-0.4, -0.2) is 31.8 Å². The Morgan fingerprint density at radius 3 is 2.35 bits per heavy atom. The molecular formula is C15H24N2O3. The Morgan fingerprint density at radius 2 is 1.85 bits per heavy atom. The fraction of sp³-hybridized carbons (Fsp3) is 0.533. The molecule has 0 unspecified atom stereocenters. The van der Waals surface area contributed by atoms with Crippen LogP contribution in [0.5, 0.6) is 5.75 Å². The van der Waals surface area contributed by atoms with E-state index in [9.17, 15) is 4.79 Å². The van der Waals surface area contributed by atoms with E-state index in [4.69, 9.17) is 15.2 Å². The molecule has 0 fully saturated rings. The number of benzene rings is 1. The summed E-state index contributed by atoms with van der Waals surface area (Å²) in [6.07, 6.45) is 1.65. The van der Waals surface area contributed by atoms with Gasteiger partial charge in [-0.3, -0.25) is 4.79 Å². The fourth-order valence-corrected chi connectivity index (χ4v) is 1.67. The lowest BCUT2D eigenvalue weighted by Crippen LogP contribution is -2.43. The van der Waals surface area contributed by atoms with Crippen molar-refractivity contribution in [1.82, 2.24) is 0 Å². The zero-order chi connectivity index (χ0) is 15.0. The van der Waals surface area contributed by atoms with Crippen molar-refractivity contribution < 1.29 is 14.3 Å². The Morgan fingerprint density at radius 1 is 1.25 bits per heavy atom. The van der Waals surface area contributed by atoms with Crippen LogP contribution in [0.2, 0.25) is 0 Å². The van der Waals surface area contributed by atoms with Crippen molar-refractivity contribution in [3.63, 3.8) is 0 Å². The second kappa shape index (κ2) is 7.87. The fourth-order valence-electron chi connectivity index (χ4n) is 1.67. The first kappa shape index (κ1) is 16.5.